The predicted octanol–water partition coefficient (Wildman–Crippen LogP) is 0.910. The fourth-order valence-electron chi connectivity index (χ4n) is 1.83. The molecule has 8 heteroatoms. The van der Waals surface area contributed by atoms with E-state index in [1.165, 1.54) is 0 Å². The second-order valence-electron chi connectivity index (χ2n) is 3.81. The quantitative estimate of drug-likeness (QED) is 0.702. The van der Waals surface area contributed by atoms with Gasteiger partial charge in [0, 0.05) is 17.7 Å². The molecule has 17 heavy (non-hydrogen) atoms. The highest BCUT2D eigenvalue weighted by molar-refractivity contribution is 7.90. The maximum atomic E-state index is 12.6. The molecule has 1 aromatic heterocycles. The minimum atomic E-state index is -4.65. The Morgan fingerprint density at radius 3 is 2.47 bits per heavy atom. The molecule has 1 aliphatic rings. The Kier molecular flexibility index (Phi) is 2.39. The third kappa shape index (κ3) is 1.76. The lowest BCUT2D eigenvalue weighted by Crippen LogP contribution is -2.30. The van der Waals surface area contributed by atoms with E-state index in [9.17, 15) is 26.4 Å². The standard InChI is InChI=1S/C9H8F3NO3S/c1-5-7(9(10,11)12)4-6-2-3-17(15,16)13(6)8(5)14/h4H,2-3H2,1H3. The van der Waals surface area contributed by atoms with Crippen molar-refractivity contribution in [3.05, 3.63) is 33.2 Å². The Morgan fingerprint density at radius 1 is 1.35 bits per heavy atom. The first-order valence-electron chi connectivity index (χ1n) is 4.70. The Bertz CT molecular complexity index is 643. The molecule has 2 heterocycles. The van der Waals surface area contributed by atoms with E-state index in [-0.39, 0.29) is 17.9 Å². The highest BCUT2D eigenvalue weighted by atomic mass is 32.2. The summed E-state index contributed by atoms with van der Waals surface area (Å²) >= 11 is 0. The van der Waals surface area contributed by atoms with Crippen molar-refractivity contribution in [2.24, 2.45) is 0 Å². The van der Waals surface area contributed by atoms with Crippen LogP contribution in [0.2, 0.25) is 0 Å². The fraction of sp³-hybridized carbons (Fsp3) is 0.444. The SMILES string of the molecule is Cc1c(C(F)(F)F)cc2n(c1=O)S(=O)(=O)CC2. The lowest BCUT2D eigenvalue weighted by molar-refractivity contribution is -0.138. The van der Waals surface area contributed by atoms with Crippen molar-refractivity contribution in [3.8, 4) is 0 Å². The van der Waals surface area contributed by atoms with Crippen molar-refractivity contribution in [1.82, 2.24) is 3.97 Å². The van der Waals surface area contributed by atoms with Crippen LogP contribution < -0.4 is 5.56 Å². The number of halogens is 3. The summed E-state index contributed by atoms with van der Waals surface area (Å²) in [5, 5.41) is 0. The fourth-order valence-corrected chi connectivity index (χ4v) is 3.37. The minimum absolute atomic E-state index is 0.0685. The summed E-state index contributed by atoms with van der Waals surface area (Å²) in [6.07, 6.45) is -4.72. The third-order valence-corrected chi connectivity index (χ3v) is 4.36. The third-order valence-electron chi connectivity index (χ3n) is 2.68. The second-order valence-corrected chi connectivity index (χ2v) is 5.74. The van der Waals surface area contributed by atoms with E-state index in [4.69, 9.17) is 0 Å². The molecule has 0 amide bonds. The van der Waals surface area contributed by atoms with Crippen LogP contribution in [-0.2, 0) is 22.6 Å². The van der Waals surface area contributed by atoms with Crippen LogP contribution in [0, 0.1) is 6.92 Å². The van der Waals surface area contributed by atoms with Crippen molar-refractivity contribution in [2.45, 2.75) is 19.5 Å². The van der Waals surface area contributed by atoms with E-state index < -0.39 is 32.9 Å². The molecule has 0 atom stereocenters. The molecule has 0 saturated carbocycles. The molecule has 0 bridgehead atoms. The van der Waals surface area contributed by atoms with Crippen LogP contribution >= 0.6 is 0 Å². The zero-order valence-electron chi connectivity index (χ0n) is 8.71. The number of pyridine rings is 1. The van der Waals surface area contributed by atoms with Gasteiger partial charge < -0.3 is 0 Å². The molecule has 0 aromatic carbocycles. The lowest BCUT2D eigenvalue weighted by atomic mass is 10.1. The first kappa shape index (κ1) is 12.2. The monoisotopic (exact) mass is 267 g/mol. The first-order valence-corrected chi connectivity index (χ1v) is 6.31. The average Bonchev–Trinajstić information content (AvgIpc) is 2.46. The number of aryl methyl sites for hydroxylation is 1. The van der Waals surface area contributed by atoms with E-state index >= 15 is 0 Å². The van der Waals surface area contributed by atoms with Gasteiger partial charge in [-0.1, -0.05) is 0 Å². The highest BCUT2D eigenvalue weighted by Crippen LogP contribution is 2.32. The van der Waals surface area contributed by atoms with Gasteiger partial charge in [-0.25, -0.2) is 12.4 Å². The normalized spacial score (nSPS) is 18.1. The van der Waals surface area contributed by atoms with Gasteiger partial charge >= 0.3 is 6.18 Å². The van der Waals surface area contributed by atoms with Gasteiger partial charge in [0.25, 0.3) is 5.56 Å². The second kappa shape index (κ2) is 3.34. The summed E-state index contributed by atoms with van der Waals surface area (Å²) in [7, 11) is -3.78. The molecule has 0 fully saturated rings. The summed E-state index contributed by atoms with van der Waals surface area (Å²) < 4.78 is 61.2. The Morgan fingerprint density at radius 2 is 1.94 bits per heavy atom. The van der Waals surface area contributed by atoms with Crippen molar-refractivity contribution >= 4 is 10.0 Å². The van der Waals surface area contributed by atoms with Gasteiger partial charge in [-0.2, -0.15) is 13.2 Å². The van der Waals surface area contributed by atoms with Crippen molar-refractivity contribution < 1.29 is 21.6 Å². The van der Waals surface area contributed by atoms with Gasteiger partial charge in [-0.3, -0.25) is 4.79 Å². The van der Waals surface area contributed by atoms with Crippen LogP contribution in [0.5, 0.6) is 0 Å². The lowest BCUT2D eigenvalue weighted by Gasteiger charge is -2.12. The number of hydrogen-bond acceptors (Lipinski definition) is 3. The van der Waals surface area contributed by atoms with E-state index in [0.717, 1.165) is 13.0 Å². The molecular weight excluding hydrogens is 259 g/mol. The molecule has 0 saturated heterocycles. The molecule has 0 aliphatic carbocycles. The van der Waals surface area contributed by atoms with Gasteiger partial charge in [0.15, 0.2) is 0 Å². The molecule has 0 spiro atoms. The molecule has 0 unspecified atom stereocenters. The van der Waals surface area contributed by atoms with E-state index in [2.05, 4.69) is 0 Å². The van der Waals surface area contributed by atoms with Crippen molar-refractivity contribution in [2.75, 3.05) is 5.75 Å². The molecule has 0 N–H and O–H groups in total. The molecule has 2 rings (SSSR count). The van der Waals surface area contributed by atoms with Gasteiger partial charge in [0.1, 0.15) is 0 Å². The van der Waals surface area contributed by atoms with Crippen LogP contribution in [-0.4, -0.2) is 18.1 Å². The van der Waals surface area contributed by atoms with Crippen molar-refractivity contribution in [1.29, 1.82) is 0 Å². The van der Waals surface area contributed by atoms with E-state index in [1.807, 2.05) is 0 Å². The molecule has 1 aliphatic heterocycles. The number of nitrogens with zero attached hydrogens (tertiary/aromatic N) is 1. The molecule has 4 nitrogen and oxygen atoms in total. The zero-order valence-corrected chi connectivity index (χ0v) is 9.52. The number of rotatable bonds is 0. The Labute approximate surface area is 94.7 Å². The van der Waals surface area contributed by atoms with Gasteiger partial charge in [0.05, 0.1) is 11.3 Å². The van der Waals surface area contributed by atoms with Gasteiger partial charge in [-0.15, -0.1) is 0 Å². The largest absolute Gasteiger partial charge is 0.416 e. The minimum Gasteiger partial charge on any atom is -0.268 e. The summed E-state index contributed by atoms with van der Waals surface area (Å²) in [6.45, 7) is 0.978. The van der Waals surface area contributed by atoms with Crippen LogP contribution in [0.1, 0.15) is 16.8 Å². The molecule has 1 aromatic rings. The maximum Gasteiger partial charge on any atom is 0.416 e. The highest BCUT2D eigenvalue weighted by Gasteiger charge is 2.37. The summed E-state index contributed by atoms with van der Waals surface area (Å²) in [4.78, 5) is 11.6. The van der Waals surface area contributed by atoms with Crippen LogP contribution in [0.15, 0.2) is 10.9 Å². The summed E-state index contributed by atoms with van der Waals surface area (Å²) in [6, 6.07) is 0.737. The maximum absolute atomic E-state index is 12.6. The van der Waals surface area contributed by atoms with Crippen molar-refractivity contribution in [3.63, 3.8) is 0 Å². The Balaban J connectivity index is 2.85. The van der Waals surface area contributed by atoms with Gasteiger partial charge in [-0.05, 0) is 13.0 Å². The summed E-state index contributed by atoms with van der Waals surface area (Å²) in [5.74, 6) is -0.330. The van der Waals surface area contributed by atoms with Crippen LogP contribution in [0.25, 0.3) is 0 Å². The van der Waals surface area contributed by atoms with E-state index in [1.54, 1.807) is 0 Å². The number of fused-ring (bicyclic) bond motifs is 1. The molecule has 0 radical (unpaired) electrons. The van der Waals surface area contributed by atoms with Crippen LogP contribution in [0.4, 0.5) is 13.2 Å². The van der Waals surface area contributed by atoms with E-state index in [0.29, 0.717) is 3.97 Å². The smallest absolute Gasteiger partial charge is 0.268 e. The Hall–Kier alpha value is -1.31. The van der Waals surface area contributed by atoms with Gasteiger partial charge in [0.2, 0.25) is 10.0 Å². The topological polar surface area (TPSA) is 56.1 Å². The zero-order chi connectivity index (χ0) is 13.0. The predicted molar refractivity (Wildman–Crippen MR) is 53.3 cm³/mol. The number of alkyl halides is 3. The van der Waals surface area contributed by atoms with Crippen LogP contribution in [0.3, 0.4) is 0 Å². The number of hydrogen-bond donors (Lipinski definition) is 0. The molecule has 94 valence electrons. The summed E-state index contributed by atoms with van der Waals surface area (Å²) in [5.41, 5.74) is -2.86. The average molecular weight is 267 g/mol. The number of aromatic nitrogens is 1. The molecular formula is C9H8F3NO3S. The first-order chi connectivity index (χ1) is 7.64.